The lowest BCUT2D eigenvalue weighted by atomic mass is 10.1. The van der Waals surface area contributed by atoms with Crippen LogP contribution >= 0.6 is 11.6 Å². The highest BCUT2D eigenvalue weighted by Crippen LogP contribution is 2.27. The van der Waals surface area contributed by atoms with Crippen LogP contribution in [-0.4, -0.2) is 19.4 Å². The van der Waals surface area contributed by atoms with Crippen molar-refractivity contribution in [2.24, 2.45) is 0 Å². The Morgan fingerprint density at radius 3 is 2.50 bits per heavy atom. The highest BCUT2D eigenvalue weighted by Gasteiger charge is 2.17. The second kappa shape index (κ2) is 6.21. The Hall–Kier alpha value is -2.33. The number of esters is 1. The van der Waals surface area contributed by atoms with Crippen LogP contribution in [-0.2, 0) is 0 Å². The topological polar surface area (TPSA) is 52.6 Å². The Balaban J connectivity index is 2.32. The molecule has 2 aromatic rings. The summed E-state index contributed by atoms with van der Waals surface area (Å²) in [4.78, 5) is 22.9. The van der Waals surface area contributed by atoms with Gasteiger partial charge in [0.25, 0.3) is 0 Å². The Bertz CT molecular complexity index is 638. The van der Waals surface area contributed by atoms with E-state index in [2.05, 4.69) is 0 Å². The van der Waals surface area contributed by atoms with Gasteiger partial charge >= 0.3 is 5.97 Å². The molecule has 0 aromatic heterocycles. The summed E-state index contributed by atoms with van der Waals surface area (Å²) in [5.74, 6) is 0.0633. The van der Waals surface area contributed by atoms with Gasteiger partial charge in [0.2, 0.25) is 0 Å². The first-order valence-electron chi connectivity index (χ1n) is 5.75. The van der Waals surface area contributed by atoms with E-state index in [1.165, 1.54) is 19.2 Å². The molecule has 0 N–H and O–H groups in total. The highest BCUT2D eigenvalue weighted by molar-refractivity contribution is 6.34. The maximum atomic E-state index is 12.1. The minimum atomic E-state index is -0.614. The molecule has 0 aliphatic carbocycles. The molecule has 0 unspecified atom stereocenters. The second-order valence-electron chi connectivity index (χ2n) is 3.89. The number of hydrogen-bond acceptors (Lipinski definition) is 4. The number of hydrogen-bond donors (Lipinski definition) is 0. The van der Waals surface area contributed by atoms with Crippen LogP contribution in [0.1, 0.15) is 20.7 Å². The van der Waals surface area contributed by atoms with Crippen LogP contribution in [0.5, 0.6) is 11.5 Å². The van der Waals surface area contributed by atoms with E-state index in [-0.39, 0.29) is 21.9 Å². The molecule has 0 saturated heterocycles. The number of halogens is 1. The van der Waals surface area contributed by atoms with Gasteiger partial charge in [0, 0.05) is 0 Å². The van der Waals surface area contributed by atoms with Crippen LogP contribution in [0.2, 0.25) is 5.02 Å². The predicted molar refractivity (Wildman–Crippen MR) is 74.8 cm³/mol. The van der Waals surface area contributed by atoms with Crippen LogP contribution in [0.25, 0.3) is 0 Å². The molecule has 0 spiro atoms. The number of ether oxygens (including phenoxy) is 2. The average Bonchev–Trinajstić information content (AvgIpc) is 2.47. The summed E-state index contributed by atoms with van der Waals surface area (Å²) in [5, 5.41) is 0.133. The van der Waals surface area contributed by atoms with E-state index < -0.39 is 5.97 Å². The normalized spacial score (nSPS) is 9.90. The lowest BCUT2D eigenvalue weighted by Gasteiger charge is -2.09. The van der Waals surface area contributed by atoms with Crippen molar-refractivity contribution < 1.29 is 19.1 Å². The Morgan fingerprint density at radius 2 is 1.90 bits per heavy atom. The third-order valence-electron chi connectivity index (χ3n) is 2.62. The molecule has 0 aliphatic heterocycles. The maximum absolute atomic E-state index is 12.1. The minimum absolute atomic E-state index is 0.133. The van der Waals surface area contributed by atoms with E-state index >= 15 is 0 Å². The zero-order valence-electron chi connectivity index (χ0n) is 10.6. The standard InChI is InChI=1S/C15H11ClO4/c1-19-14-8-12(13(16)7-10(14)9-17)15(18)20-11-5-3-2-4-6-11/h2-9H,1H3. The van der Waals surface area contributed by atoms with E-state index in [9.17, 15) is 9.59 Å². The first-order chi connectivity index (χ1) is 9.65. The monoisotopic (exact) mass is 290 g/mol. The fraction of sp³-hybridized carbons (Fsp3) is 0.0667. The first kappa shape index (κ1) is 14.1. The van der Waals surface area contributed by atoms with Crippen molar-refractivity contribution in [2.75, 3.05) is 7.11 Å². The molecule has 0 radical (unpaired) electrons. The third-order valence-corrected chi connectivity index (χ3v) is 2.93. The number of methoxy groups -OCH3 is 1. The molecule has 5 heteroatoms. The van der Waals surface area contributed by atoms with Gasteiger partial charge in [-0.2, -0.15) is 0 Å². The van der Waals surface area contributed by atoms with E-state index in [1.807, 2.05) is 6.07 Å². The van der Waals surface area contributed by atoms with Crippen molar-refractivity contribution in [3.63, 3.8) is 0 Å². The first-order valence-corrected chi connectivity index (χ1v) is 6.13. The summed E-state index contributed by atoms with van der Waals surface area (Å²) in [5.41, 5.74) is 0.409. The molecule has 0 fully saturated rings. The second-order valence-corrected chi connectivity index (χ2v) is 4.30. The zero-order valence-corrected chi connectivity index (χ0v) is 11.4. The van der Waals surface area contributed by atoms with Gasteiger partial charge in [-0.3, -0.25) is 4.79 Å². The quantitative estimate of drug-likeness (QED) is 0.492. The van der Waals surface area contributed by atoms with Crippen LogP contribution in [0.3, 0.4) is 0 Å². The molecule has 2 aromatic carbocycles. The van der Waals surface area contributed by atoms with E-state index in [0.717, 1.165) is 0 Å². The summed E-state index contributed by atoms with van der Waals surface area (Å²) in [6.07, 6.45) is 0.608. The molecular weight excluding hydrogens is 280 g/mol. The molecule has 20 heavy (non-hydrogen) atoms. The van der Waals surface area contributed by atoms with Gasteiger partial charge in [0.1, 0.15) is 11.5 Å². The van der Waals surface area contributed by atoms with Crippen LogP contribution in [0, 0.1) is 0 Å². The fourth-order valence-electron chi connectivity index (χ4n) is 1.64. The van der Waals surface area contributed by atoms with Crippen LogP contribution in [0.15, 0.2) is 42.5 Å². The molecule has 102 valence electrons. The van der Waals surface area contributed by atoms with Gasteiger partial charge in [-0.1, -0.05) is 29.8 Å². The van der Waals surface area contributed by atoms with Gasteiger partial charge in [-0.05, 0) is 24.3 Å². The molecule has 2 rings (SSSR count). The number of para-hydroxylation sites is 1. The summed E-state index contributed by atoms with van der Waals surface area (Å²) in [6.45, 7) is 0. The Labute approximate surface area is 120 Å². The molecule has 0 bridgehead atoms. The highest BCUT2D eigenvalue weighted by atomic mass is 35.5. The Kier molecular flexibility index (Phi) is 4.38. The summed E-state index contributed by atoms with van der Waals surface area (Å²) >= 11 is 5.98. The lowest BCUT2D eigenvalue weighted by Crippen LogP contribution is -2.10. The fourth-order valence-corrected chi connectivity index (χ4v) is 1.89. The van der Waals surface area contributed by atoms with Gasteiger partial charge in [0.15, 0.2) is 6.29 Å². The van der Waals surface area contributed by atoms with Crippen molar-refractivity contribution >= 4 is 23.9 Å². The van der Waals surface area contributed by atoms with Gasteiger partial charge in [-0.15, -0.1) is 0 Å². The lowest BCUT2D eigenvalue weighted by molar-refractivity contribution is 0.0734. The van der Waals surface area contributed by atoms with Gasteiger partial charge in [0.05, 0.1) is 23.3 Å². The molecule has 0 atom stereocenters. The summed E-state index contributed by atoms with van der Waals surface area (Å²) in [7, 11) is 1.41. The number of carbonyl (C=O) groups excluding carboxylic acids is 2. The third kappa shape index (κ3) is 2.97. The summed E-state index contributed by atoms with van der Waals surface area (Å²) < 4.78 is 10.2. The molecule has 4 nitrogen and oxygen atoms in total. The van der Waals surface area contributed by atoms with E-state index in [4.69, 9.17) is 21.1 Å². The van der Waals surface area contributed by atoms with Crippen molar-refractivity contribution in [1.82, 2.24) is 0 Å². The summed E-state index contributed by atoms with van der Waals surface area (Å²) in [6, 6.07) is 11.4. The molecule has 0 saturated carbocycles. The number of aldehydes is 1. The van der Waals surface area contributed by atoms with Crippen LogP contribution < -0.4 is 9.47 Å². The van der Waals surface area contributed by atoms with Crippen molar-refractivity contribution in [3.8, 4) is 11.5 Å². The Morgan fingerprint density at radius 1 is 1.20 bits per heavy atom. The molecule has 0 aliphatic rings. The number of rotatable bonds is 4. The van der Waals surface area contributed by atoms with Crippen molar-refractivity contribution in [2.45, 2.75) is 0 Å². The molecule has 0 amide bonds. The predicted octanol–water partition coefficient (Wildman–Crippen LogP) is 3.38. The maximum Gasteiger partial charge on any atom is 0.345 e. The van der Waals surface area contributed by atoms with Crippen molar-refractivity contribution in [1.29, 1.82) is 0 Å². The van der Waals surface area contributed by atoms with Crippen molar-refractivity contribution in [3.05, 3.63) is 58.6 Å². The van der Waals surface area contributed by atoms with E-state index in [1.54, 1.807) is 24.3 Å². The van der Waals surface area contributed by atoms with Crippen LogP contribution in [0.4, 0.5) is 0 Å². The molecule has 0 heterocycles. The van der Waals surface area contributed by atoms with E-state index in [0.29, 0.717) is 12.0 Å². The SMILES string of the molecule is COc1cc(C(=O)Oc2ccccc2)c(Cl)cc1C=O. The average molecular weight is 291 g/mol. The number of benzene rings is 2. The zero-order chi connectivity index (χ0) is 14.5. The number of carbonyl (C=O) groups is 2. The molecular formula is C15H11ClO4. The van der Waals surface area contributed by atoms with Gasteiger partial charge < -0.3 is 9.47 Å². The smallest absolute Gasteiger partial charge is 0.345 e. The van der Waals surface area contributed by atoms with Gasteiger partial charge in [-0.25, -0.2) is 4.79 Å². The largest absolute Gasteiger partial charge is 0.496 e. The minimum Gasteiger partial charge on any atom is -0.496 e.